The van der Waals surface area contributed by atoms with Gasteiger partial charge in [-0.15, -0.1) is 0 Å². The van der Waals surface area contributed by atoms with Gasteiger partial charge in [-0.1, -0.05) is 33.3 Å². The van der Waals surface area contributed by atoms with E-state index in [0.29, 0.717) is 37.0 Å². The molecule has 14 atom stereocenters. The summed E-state index contributed by atoms with van der Waals surface area (Å²) < 4.78 is 17.1. The summed E-state index contributed by atoms with van der Waals surface area (Å²) in [6.07, 6.45) is 2.14. The molecule has 0 bridgehead atoms. The van der Waals surface area contributed by atoms with Crippen LogP contribution in [-0.4, -0.2) is 88.0 Å². The van der Waals surface area contributed by atoms with Gasteiger partial charge in [0.2, 0.25) is 0 Å². The molecule has 5 rings (SSSR count). The molecule has 0 radical (unpaired) electrons. The van der Waals surface area contributed by atoms with E-state index < -0.39 is 37.3 Å². The fourth-order valence-corrected chi connectivity index (χ4v) is 10.2. The monoisotopic (exact) mass is 634 g/mol. The van der Waals surface area contributed by atoms with Crippen molar-refractivity contribution in [3.05, 3.63) is 11.6 Å². The Balaban J connectivity index is 1.23. The number of carbonyl (C=O) groups excluding carboxylic acids is 3. The lowest BCUT2D eigenvalue weighted by Crippen LogP contribution is -2.59. The topological polar surface area (TPSA) is 160 Å². The van der Waals surface area contributed by atoms with Gasteiger partial charge in [0.05, 0.1) is 13.2 Å². The molecule has 10 heteroatoms. The molecule has 1 aliphatic heterocycles. The molecule has 0 aromatic carbocycles. The van der Waals surface area contributed by atoms with Crippen LogP contribution in [0.3, 0.4) is 0 Å². The lowest BCUT2D eigenvalue weighted by molar-refractivity contribution is -0.303. The van der Waals surface area contributed by atoms with Crippen LogP contribution in [0, 0.1) is 46.3 Å². The number of hydrogen-bond acceptors (Lipinski definition) is 10. The number of ketones is 2. The molecule has 254 valence electrons. The second-order valence-corrected chi connectivity index (χ2v) is 15.4. The summed E-state index contributed by atoms with van der Waals surface area (Å²) in [6.45, 7) is 9.69. The molecule has 0 aromatic heterocycles. The highest BCUT2D eigenvalue weighted by molar-refractivity contribution is 5.91. The zero-order valence-electron chi connectivity index (χ0n) is 27.5. The maximum atomic E-state index is 13.8. The molecule has 0 spiro atoms. The molecule has 4 fully saturated rings. The summed E-state index contributed by atoms with van der Waals surface area (Å²) in [5, 5.41) is 39.7. The van der Waals surface area contributed by atoms with Crippen LogP contribution in [0.15, 0.2) is 11.6 Å². The highest BCUT2D eigenvalue weighted by Gasteiger charge is 2.63. The smallest absolute Gasteiger partial charge is 0.302 e. The zero-order chi connectivity index (χ0) is 32.8. The van der Waals surface area contributed by atoms with Gasteiger partial charge in [-0.25, -0.2) is 0 Å². The van der Waals surface area contributed by atoms with Crippen molar-refractivity contribution < 1.29 is 49.0 Å². The van der Waals surface area contributed by atoms with Crippen molar-refractivity contribution in [2.24, 2.45) is 46.3 Å². The molecule has 2 unspecified atom stereocenters. The van der Waals surface area contributed by atoms with Gasteiger partial charge in [0.15, 0.2) is 12.1 Å². The normalized spacial score (nSPS) is 44.2. The summed E-state index contributed by atoms with van der Waals surface area (Å²) in [6, 6.07) is 0. The first-order chi connectivity index (χ1) is 21.2. The van der Waals surface area contributed by atoms with E-state index in [1.54, 1.807) is 0 Å². The van der Waals surface area contributed by atoms with Crippen molar-refractivity contribution in [2.75, 3.05) is 13.2 Å². The number of esters is 1. The van der Waals surface area contributed by atoms with Gasteiger partial charge in [0.25, 0.3) is 0 Å². The quantitative estimate of drug-likeness (QED) is 0.263. The molecule has 5 aliphatic rings. The summed E-state index contributed by atoms with van der Waals surface area (Å²) in [5.41, 5.74) is 1.24. The number of rotatable bonds is 10. The van der Waals surface area contributed by atoms with Crippen molar-refractivity contribution in [1.29, 1.82) is 0 Å². The van der Waals surface area contributed by atoms with Gasteiger partial charge in [-0.2, -0.15) is 0 Å². The van der Waals surface area contributed by atoms with E-state index in [1.165, 1.54) is 12.5 Å². The van der Waals surface area contributed by atoms with E-state index in [0.717, 1.165) is 38.5 Å². The molecule has 1 heterocycles. The highest BCUT2D eigenvalue weighted by Crippen LogP contribution is 2.68. The van der Waals surface area contributed by atoms with Gasteiger partial charge >= 0.3 is 5.97 Å². The number of aliphatic hydroxyl groups is 4. The molecule has 0 aromatic rings. The fourth-order valence-electron chi connectivity index (χ4n) is 10.2. The van der Waals surface area contributed by atoms with Crippen molar-refractivity contribution in [3.63, 3.8) is 0 Å². The van der Waals surface area contributed by atoms with Crippen LogP contribution in [0.25, 0.3) is 0 Å². The summed E-state index contributed by atoms with van der Waals surface area (Å²) in [4.78, 5) is 38.3. The molecule has 4 N–H and O–H groups in total. The number of carbonyl (C=O) groups is 3. The van der Waals surface area contributed by atoms with Crippen LogP contribution in [0.4, 0.5) is 0 Å². The molecule has 10 nitrogen and oxygen atoms in total. The molecule has 3 saturated carbocycles. The molecular weight excluding hydrogens is 580 g/mol. The van der Waals surface area contributed by atoms with Crippen LogP contribution in [0.2, 0.25) is 0 Å². The molecule has 1 saturated heterocycles. The third kappa shape index (κ3) is 6.44. The van der Waals surface area contributed by atoms with Crippen molar-refractivity contribution >= 4 is 17.5 Å². The van der Waals surface area contributed by atoms with Gasteiger partial charge < -0.3 is 34.6 Å². The van der Waals surface area contributed by atoms with E-state index in [9.17, 15) is 34.8 Å². The third-order valence-corrected chi connectivity index (χ3v) is 12.7. The standard InChI is InChI=1S/C35H54O10/c1-18(17-43-33-32(42)31(41)30(40)28(16-36)45-33)6-9-26(39)19(2)29-27(44-20(3)37)15-25-23-8-7-21-14-22(38)10-12-34(21,4)24(23)11-13-35(25,29)5/h14,18-19,23-25,27-33,36,40-42H,6-13,15-17H2,1-5H3/t18?,19-,23-,24+,25+,27?,28-,29+,30-,31+,32-,33-,34+,35+/m1/s1. The molecule has 0 amide bonds. The summed E-state index contributed by atoms with van der Waals surface area (Å²) in [7, 11) is 0. The Kier molecular flexibility index (Phi) is 10.3. The zero-order valence-corrected chi connectivity index (χ0v) is 27.5. The maximum absolute atomic E-state index is 13.8. The van der Waals surface area contributed by atoms with Crippen LogP contribution < -0.4 is 0 Å². The summed E-state index contributed by atoms with van der Waals surface area (Å²) in [5.74, 6) is 0.969. The van der Waals surface area contributed by atoms with Crippen LogP contribution in [-0.2, 0) is 28.6 Å². The highest BCUT2D eigenvalue weighted by atomic mass is 16.7. The van der Waals surface area contributed by atoms with Crippen LogP contribution >= 0.6 is 0 Å². The lowest BCUT2D eigenvalue weighted by Gasteiger charge is -2.58. The third-order valence-electron chi connectivity index (χ3n) is 12.7. The number of allylic oxidation sites excluding steroid dienone is 1. The van der Waals surface area contributed by atoms with Gasteiger partial charge in [-0.05, 0) is 85.5 Å². The first-order valence-electron chi connectivity index (χ1n) is 17.1. The van der Waals surface area contributed by atoms with Gasteiger partial charge in [0, 0.05) is 31.6 Å². The number of hydrogen-bond donors (Lipinski definition) is 4. The SMILES string of the molecule is CC(=O)OC1C[C@H]2[C@@H]3CCC4=CC(=O)CC[C@]4(C)[C@H]3CC[C@]2(C)[C@H]1[C@H](C)C(=O)CCC(C)CO[C@@H]1O[C@H](CO)[C@@H](O)[C@H](O)[C@H]1O. The minimum absolute atomic E-state index is 0.0441. The first-order valence-corrected chi connectivity index (χ1v) is 17.1. The Morgan fingerprint density at radius 3 is 2.47 bits per heavy atom. The van der Waals surface area contributed by atoms with E-state index >= 15 is 0 Å². The second-order valence-electron chi connectivity index (χ2n) is 15.4. The maximum Gasteiger partial charge on any atom is 0.302 e. The largest absolute Gasteiger partial charge is 0.462 e. The Morgan fingerprint density at radius 1 is 1.04 bits per heavy atom. The Morgan fingerprint density at radius 2 is 1.78 bits per heavy atom. The lowest BCUT2D eigenvalue weighted by atomic mass is 9.46. The molecule has 4 aliphatic carbocycles. The van der Waals surface area contributed by atoms with E-state index in [1.807, 2.05) is 19.9 Å². The van der Waals surface area contributed by atoms with Crippen LogP contribution in [0.1, 0.15) is 92.4 Å². The molecular formula is C35H54O10. The minimum Gasteiger partial charge on any atom is -0.462 e. The average molecular weight is 635 g/mol. The van der Waals surface area contributed by atoms with Crippen LogP contribution in [0.5, 0.6) is 0 Å². The summed E-state index contributed by atoms with van der Waals surface area (Å²) >= 11 is 0. The van der Waals surface area contributed by atoms with E-state index in [-0.39, 0.29) is 58.8 Å². The Bertz CT molecular complexity index is 1150. The van der Waals surface area contributed by atoms with Crippen molar-refractivity contribution in [2.45, 2.75) is 129 Å². The average Bonchev–Trinajstić information content (AvgIpc) is 3.29. The fraction of sp³-hybridized carbons (Fsp3) is 0.857. The second kappa shape index (κ2) is 13.4. The predicted molar refractivity (Wildman–Crippen MR) is 163 cm³/mol. The number of fused-ring (bicyclic) bond motifs is 5. The first kappa shape index (κ1) is 34.6. The van der Waals surface area contributed by atoms with E-state index in [2.05, 4.69) is 13.8 Å². The van der Waals surface area contributed by atoms with Crippen molar-refractivity contribution in [3.8, 4) is 0 Å². The number of ether oxygens (including phenoxy) is 3. The van der Waals surface area contributed by atoms with Crippen molar-refractivity contribution in [1.82, 2.24) is 0 Å². The van der Waals surface area contributed by atoms with E-state index in [4.69, 9.17) is 14.2 Å². The molecule has 45 heavy (non-hydrogen) atoms. The number of aliphatic hydroxyl groups excluding tert-OH is 4. The predicted octanol–water partition coefficient (Wildman–Crippen LogP) is 3.11. The Labute approximate surface area is 266 Å². The van der Waals surface area contributed by atoms with Gasteiger partial charge in [-0.3, -0.25) is 14.4 Å². The van der Waals surface area contributed by atoms with Gasteiger partial charge in [0.1, 0.15) is 36.3 Å². The minimum atomic E-state index is -1.50. The Hall–Kier alpha value is -1.69. The number of Topliss-reactive ketones (excluding diaryl/α,β-unsaturated/α-hetero) is 1.